The molecule has 0 unspecified atom stereocenters. The molecule has 21 heavy (non-hydrogen) atoms. The lowest BCUT2D eigenvalue weighted by molar-refractivity contribution is -0.142. The van der Waals surface area contributed by atoms with Crippen LogP contribution < -0.4 is 0 Å². The van der Waals surface area contributed by atoms with Crippen LogP contribution in [0.1, 0.15) is 64.7 Å². The molecule has 1 aliphatic heterocycles. The molecule has 4 heteroatoms. The standard InChI is InChI=1S/C17H26O4/c1-15(18)21-16-11-7-5-3-2-4-6-10-14-20-17(19)13-9-8-12-16/h8-9,12H,2-7,10-11,13-14H2,1H3/b9-8-,16-12+. The van der Waals surface area contributed by atoms with E-state index in [1.54, 1.807) is 18.2 Å². The molecule has 1 rings (SSSR count). The van der Waals surface area contributed by atoms with Gasteiger partial charge in [0.15, 0.2) is 0 Å². The van der Waals surface area contributed by atoms with Crippen LogP contribution in [-0.4, -0.2) is 18.5 Å². The number of cyclic esters (lactones) is 1. The van der Waals surface area contributed by atoms with Crippen molar-refractivity contribution in [3.05, 3.63) is 24.0 Å². The van der Waals surface area contributed by atoms with E-state index in [0.717, 1.165) is 32.1 Å². The first-order valence-corrected chi connectivity index (χ1v) is 7.88. The largest absolute Gasteiger partial charge is 0.465 e. The predicted molar refractivity (Wildman–Crippen MR) is 81.5 cm³/mol. The summed E-state index contributed by atoms with van der Waals surface area (Å²) in [6.45, 7) is 1.92. The van der Waals surface area contributed by atoms with Gasteiger partial charge in [0.05, 0.1) is 13.0 Å². The van der Waals surface area contributed by atoms with E-state index < -0.39 is 0 Å². The Labute approximate surface area is 127 Å². The van der Waals surface area contributed by atoms with E-state index in [4.69, 9.17) is 9.47 Å². The van der Waals surface area contributed by atoms with Gasteiger partial charge < -0.3 is 9.47 Å². The van der Waals surface area contributed by atoms with E-state index in [1.807, 2.05) is 0 Å². The molecule has 0 N–H and O–H groups in total. The highest BCUT2D eigenvalue weighted by molar-refractivity contribution is 5.71. The third kappa shape index (κ3) is 9.88. The van der Waals surface area contributed by atoms with E-state index >= 15 is 0 Å². The van der Waals surface area contributed by atoms with Gasteiger partial charge in [0.2, 0.25) is 0 Å². The van der Waals surface area contributed by atoms with Crippen LogP contribution in [0.3, 0.4) is 0 Å². The van der Waals surface area contributed by atoms with Gasteiger partial charge in [-0.05, 0) is 18.9 Å². The maximum absolute atomic E-state index is 11.5. The highest BCUT2D eigenvalue weighted by Gasteiger charge is 2.03. The van der Waals surface area contributed by atoms with Gasteiger partial charge in [-0.2, -0.15) is 0 Å². The summed E-state index contributed by atoms with van der Waals surface area (Å²) < 4.78 is 10.3. The molecule has 1 heterocycles. The Morgan fingerprint density at radius 1 is 1.10 bits per heavy atom. The van der Waals surface area contributed by atoms with Crippen molar-refractivity contribution in [2.45, 2.75) is 64.7 Å². The Balaban J connectivity index is 2.55. The van der Waals surface area contributed by atoms with Crippen molar-refractivity contribution in [3.8, 4) is 0 Å². The maximum Gasteiger partial charge on any atom is 0.309 e. The van der Waals surface area contributed by atoms with Crippen molar-refractivity contribution < 1.29 is 19.1 Å². The first kappa shape index (κ1) is 17.5. The van der Waals surface area contributed by atoms with Gasteiger partial charge in [0, 0.05) is 13.3 Å². The van der Waals surface area contributed by atoms with Crippen LogP contribution in [0, 0.1) is 0 Å². The molecule has 0 fully saturated rings. The van der Waals surface area contributed by atoms with E-state index in [2.05, 4.69) is 0 Å². The fourth-order valence-electron chi connectivity index (χ4n) is 2.22. The molecule has 0 aliphatic carbocycles. The van der Waals surface area contributed by atoms with Crippen LogP contribution in [0.5, 0.6) is 0 Å². The SMILES string of the molecule is CC(=O)O/C1=C/C=C\CC(=O)OCCCCCCCCC1. The highest BCUT2D eigenvalue weighted by Crippen LogP contribution is 2.14. The van der Waals surface area contributed by atoms with Gasteiger partial charge in [0.25, 0.3) is 0 Å². The second-order valence-electron chi connectivity index (χ2n) is 5.30. The zero-order chi connectivity index (χ0) is 15.3. The normalized spacial score (nSPS) is 23.5. The zero-order valence-corrected chi connectivity index (χ0v) is 12.9. The van der Waals surface area contributed by atoms with Gasteiger partial charge in [-0.1, -0.05) is 44.3 Å². The number of allylic oxidation sites excluding steroid dienone is 3. The number of hydrogen-bond acceptors (Lipinski definition) is 4. The minimum Gasteiger partial charge on any atom is -0.465 e. The van der Waals surface area contributed by atoms with Crippen molar-refractivity contribution in [2.75, 3.05) is 6.61 Å². The summed E-state index contributed by atoms with van der Waals surface area (Å²) in [5.74, 6) is 0.156. The molecule has 0 spiro atoms. The van der Waals surface area contributed by atoms with Crippen LogP contribution in [0.2, 0.25) is 0 Å². The third-order valence-electron chi connectivity index (χ3n) is 3.31. The average Bonchev–Trinajstić information content (AvgIpc) is 2.43. The summed E-state index contributed by atoms with van der Waals surface area (Å²) in [5.41, 5.74) is 0. The average molecular weight is 294 g/mol. The van der Waals surface area contributed by atoms with Crippen LogP contribution >= 0.6 is 0 Å². The number of carbonyl (C=O) groups excluding carboxylic acids is 2. The summed E-state index contributed by atoms with van der Waals surface area (Å²) in [6.07, 6.45) is 14.1. The fraction of sp³-hybridized carbons (Fsp3) is 0.647. The Morgan fingerprint density at radius 3 is 2.48 bits per heavy atom. The quantitative estimate of drug-likeness (QED) is 0.684. The van der Waals surface area contributed by atoms with Crippen molar-refractivity contribution in [2.24, 2.45) is 0 Å². The van der Waals surface area contributed by atoms with Gasteiger partial charge in [-0.3, -0.25) is 9.59 Å². The monoisotopic (exact) mass is 294 g/mol. The first-order valence-electron chi connectivity index (χ1n) is 7.88. The minimum atomic E-state index is -0.302. The van der Waals surface area contributed by atoms with Crippen molar-refractivity contribution in [1.82, 2.24) is 0 Å². The second-order valence-corrected chi connectivity index (χ2v) is 5.30. The molecule has 0 radical (unpaired) electrons. The van der Waals surface area contributed by atoms with Crippen LogP contribution in [0.15, 0.2) is 24.0 Å². The maximum atomic E-state index is 11.5. The lowest BCUT2D eigenvalue weighted by Gasteiger charge is -2.07. The number of esters is 2. The number of carbonyl (C=O) groups is 2. The predicted octanol–water partition coefficient (Wildman–Crippen LogP) is 4.06. The number of rotatable bonds is 1. The van der Waals surface area contributed by atoms with Gasteiger partial charge in [-0.15, -0.1) is 0 Å². The molecule has 118 valence electrons. The summed E-state index contributed by atoms with van der Waals surface area (Å²) in [7, 11) is 0. The summed E-state index contributed by atoms with van der Waals surface area (Å²) in [5, 5.41) is 0. The molecule has 1 aliphatic rings. The van der Waals surface area contributed by atoms with Crippen molar-refractivity contribution in [1.29, 1.82) is 0 Å². The topological polar surface area (TPSA) is 52.6 Å². The zero-order valence-electron chi connectivity index (χ0n) is 12.9. The molecule has 0 aromatic carbocycles. The molecular weight excluding hydrogens is 268 g/mol. The Bertz CT molecular complexity index is 382. The fourth-order valence-corrected chi connectivity index (χ4v) is 2.22. The molecule has 0 bridgehead atoms. The van der Waals surface area contributed by atoms with Gasteiger partial charge in [0.1, 0.15) is 5.76 Å². The lowest BCUT2D eigenvalue weighted by atomic mass is 10.1. The Morgan fingerprint density at radius 2 is 1.76 bits per heavy atom. The van der Waals surface area contributed by atoms with Gasteiger partial charge >= 0.3 is 11.9 Å². The first-order chi connectivity index (χ1) is 10.2. The molecule has 0 amide bonds. The van der Waals surface area contributed by atoms with Crippen LogP contribution in [0.4, 0.5) is 0 Å². The molecule has 0 saturated heterocycles. The number of hydrogen-bond donors (Lipinski definition) is 0. The molecule has 0 aromatic rings. The van der Waals surface area contributed by atoms with Crippen LogP contribution in [-0.2, 0) is 19.1 Å². The number of ether oxygens (including phenoxy) is 2. The van der Waals surface area contributed by atoms with E-state index in [9.17, 15) is 9.59 Å². The summed E-state index contributed by atoms with van der Waals surface area (Å²) in [6, 6.07) is 0. The molecule has 4 nitrogen and oxygen atoms in total. The Kier molecular flexibility index (Phi) is 9.25. The minimum absolute atomic E-state index is 0.208. The van der Waals surface area contributed by atoms with Gasteiger partial charge in [-0.25, -0.2) is 0 Å². The highest BCUT2D eigenvalue weighted by atomic mass is 16.5. The molecule has 0 atom stereocenters. The second kappa shape index (κ2) is 11.1. The van der Waals surface area contributed by atoms with E-state index in [0.29, 0.717) is 12.4 Å². The Hall–Kier alpha value is -1.58. The summed E-state index contributed by atoms with van der Waals surface area (Å²) in [4.78, 5) is 22.5. The van der Waals surface area contributed by atoms with E-state index in [-0.39, 0.29) is 18.4 Å². The molecular formula is C17H26O4. The lowest BCUT2D eigenvalue weighted by Crippen LogP contribution is -2.04. The smallest absolute Gasteiger partial charge is 0.309 e. The van der Waals surface area contributed by atoms with E-state index in [1.165, 1.54) is 26.2 Å². The molecule has 0 saturated carbocycles. The third-order valence-corrected chi connectivity index (χ3v) is 3.31. The molecule has 0 aromatic heterocycles. The van der Waals surface area contributed by atoms with Crippen molar-refractivity contribution >= 4 is 11.9 Å². The summed E-state index contributed by atoms with van der Waals surface area (Å²) >= 11 is 0. The van der Waals surface area contributed by atoms with Crippen LogP contribution in [0.25, 0.3) is 0 Å². The van der Waals surface area contributed by atoms with Crippen molar-refractivity contribution in [3.63, 3.8) is 0 Å².